The van der Waals surface area contributed by atoms with Gasteiger partial charge in [0.15, 0.2) is 0 Å². The highest BCUT2D eigenvalue weighted by molar-refractivity contribution is 5.79. The topological polar surface area (TPSA) is 49.8 Å². The second-order valence-electron chi connectivity index (χ2n) is 5.10. The zero-order chi connectivity index (χ0) is 14.3. The van der Waals surface area contributed by atoms with Gasteiger partial charge in [-0.15, -0.1) is 0 Å². The highest BCUT2D eigenvalue weighted by Gasteiger charge is 2.34. The first kappa shape index (κ1) is 13.2. The van der Waals surface area contributed by atoms with Crippen molar-refractivity contribution >= 4 is 11.0 Å². The fraction of sp³-hybridized carbons (Fsp3) is 0.462. The summed E-state index contributed by atoms with van der Waals surface area (Å²) in [7, 11) is 0. The average molecular weight is 285 g/mol. The Bertz CT molecular complexity index is 680. The Balaban J connectivity index is 2.14. The van der Waals surface area contributed by atoms with E-state index in [1.807, 2.05) is 0 Å². The highest BCUT2D eigenvalue weighted by Crippen LogP contribution is 2.34. The van der Waals surface area contributed by atoms with Crippen LogP contribution in [0.4, 0.5) is 13.2 Å². The molecule has 108 valence electrons. The molecule has 2 heterocycles. The molecule has 1 aliphatic heterocycles. The maximum Gasteiger partial charge on any atom is 0.418 e. The van der Waals surface area contributed by atoms with E-state index in [0.29, 0.717) is 6.54 Å². The summed E-state index contributed by atoms with van der Waals surface area (Å²) in [5.74, 6) is 0.188. The Morgan fingerprint density at radius 3 is 2.80 bits per heavy atom. The molecule has 0 aliphatic carbocycles. The van der Waals surface area contributed by atoms with Gasteiger partial charge in [0.05, 0.1) is 16.6 Å². The molecule has 0 bridgehead atoms. The summed E-state index contributed by atoms with van der Waals surface area (Å²) in [5.41, 5.74) is -1.06. The van der Waals surface area contributed by atoms with Gasteiger partial charge in [-0.05, 0) is 37.6 Å². The maximum atomic E-state index is 13.1. The number of aromatic amines is 1. The predicted octanol–water partition coefficient (Wildman–Crippen LogP) is 1.96. The van der Waals surface area contributed by atoms with Crippen molar-refractivity contribution in [3.63, 3.8) is 0 Å². The molecule has 0 radical (unpaired) electrons. The van der Waals surface area contributed by atoms with Crippen LogP contribution in [0.3, 0.4) is 0 Å². The normalized spacial score (nSPS) is 19.9. The first-order chi connectivity index (χ1) is 9.47. The number of aromatic nitrogens is 2. The monoisotopic (exact) mass is 285 g/mol. The molecule has 2 N–H and O–H groups in total. The van der Waals surface area contributed by atoms with E-state index in [1.165, 1.54) is 16.7 Å². The van der Waals surface area contributed by atoms with Crippen LogP contribution in [0.15, 0.2) is 23.0 Å². The van der Waals surface area contributed by atoms with Crippen molar-refractivity contribution in [3.05, 3.63) is 34.2 Å². The number of nitrogens with zero attached hydrogens (tertiary/aromatic N) is 1. The fourth-order valence-corrected chi connectivity index (χ4v) is 2.75. The number of para-hydroxylation sites is 1. The number of hydrogen-bond donors (Lipinski definition) is 2. The lowest BCUT2D eigenvalue weighted by atomic mass is 10.1. The fourth-order valence-electron chi connectivity index (χ4n) is 2.75. The first-order valence-electron chi connectivity index (χ1n) is 6.46. The lowest BCUT2D eigenvalue weighted by molar-refractivity contribution is -0.136. The zero-order valence-corrected chi connectivity index (χ0v) is 10.6. The molecule has 0 amide bonds. The highest BCUT2D eigenvalue weighted by atomic mass is 19.4. The van der Waals surface area contributed by atoms with Crippen LogP contribution in [-0.4, -0.2) is 22.6 Å². The van der Waals surface area contributed by atoms with Crippen LogP contribution in [-0.2, 0) is 12.7 Å². The number of imidazole rings is 1. The molecule has 2 aromatic rings. The van der Waals surface area contributed by atoms with Gasteiger partial charge < -0.3 is 10.3 Å². The molecule has 1 saturated heterocycles. The molecule has 1 fully saturated rings. The third-order valence-corrected chi connectivity index (χ3v) is 3.70. The van der Waals surface area contributed by atoms with Gasteiger partial charge in [0, 0.05) is 6.54 Å². The Morgan fingerprint density at radius 2 is 2.15 bits per heavy atom. The minimum atomic E-state index is -4.47. The van der Waals surface area contributed by atoms with Gasteiger partial charge in [-0.25, -0.2) is 4.79 Å². The summed E-state index contributed by atoms with van der Waals surface area (Å²) in [6.45, 7) is 1.88. The van der Waals surface area contributed by atoms with Gasteiger partial charge in [0.2, 0.25) is 0 Å². The number of alkyl halides is 3. The van der Waals surface area contributed by atoms with Crippen LogP contribution < -0.4 is 11.0 Å². The largest absolute Gasteiger partial charge is 0.418 e. The summed E-state index contributed by atoms with van der Waals surface area (Å²) in [6, 6.07) is 3.82. The van der Waals surface area contributed by atoms with Crippen molar-refractivity contribution in [2.75, 3.05) is 13.1 Å². The third-order valence-electron chi connectivity index (χ3n) is 3.70. The van der Waals surface area contributed by atoms with E-state index >= 15 is 0 Å². The van der Waals surface area contributed by atoms with Crippen molar-refractivity contribution in [1.29, 1.82) is 0 Å². The van der Waals surface area contributed by atoms with Gasteiger partial charge >= 0.3 is 11.9 Å². The van der Waals surface area contributed by atoms with Crippen molar-refractivity contribution in [1.82, 2.24) is 14.9 Å². The van der Waals surface area contributed by atoms with E-state index in [0.717, 1.165) is 25.6 Å². The SMILES string of the molecule is O=c1[nH]c2cccc(C(F)(F)F)c2n1CC1CCNC1. The number of benzene rings is 1. The minimum absolute atomic E-state index is 0.0445. The van der Waals surface area contributed by atoms with Crippen LogP contribution in [0, 0.1) is 5.92 Å². The predicted molar refractivity (Wildman–Crippen MR) is 68.5 cm³/mol. The van der Waals surface area contributed by atoms with Gasteiger partial charge in [-0.3, -0.25) is 4.57 Å². The summed E-state index contributed by atoms with van der Waals surface area (Å²) in [5, 5.41) is 3.15. The van der Waals surface area contributed by atoms with Crippen LogP contribution >= 0.6 is 0 Å². The van der Waals surface area contributed by atoms with Crippen molar-refractivity contribution in [3.8, 4) is 0 Å². The standard InChI is InChI=1S/C13H14F3N3O/c14-13(15,16)9-2-1-3-10-11(9)19(12(20)18-10)7-8-4-5-17-6-8/h1-3,8,17H,4-7H2,(H,18,20). The first-order valence-corrected chi connectivity index (χ1v) is 6.46. The molecular weight excluding hydrogens is 271 g/mol. The molecule has 4 nitrogen and oxygen atoms in total. The Kier molecular flexibility index (Phi) is 3.08. The van der Waals surface area contributed by atoms with Crippen LogP contribution in [0.25, 0.3) is 11.0 Å². The van der Waals surface area contributed by atoms with Crippen LogP contribution in [0.1, 0.15) is 12.0 Å². The number of halogens is 3. The molecule has 1 atom stereocenters. The minimum Gasteiger partial charge on any atom is -0.316 e. The van der Waals surface area contributed by atoms with E-state index in [4.69, 9.17) is 0 Å². The van der Waals surface area contributed by atoms with E-state index in [9.17, 15) is 18.0 Å². The Morgan fingerprint density at radius 1 is 1.35 bits per heavy atom. The van der Waals surface area contributed by atoms with Gasteiger partial charge in [0.25, 0.3) is 0 Å². The van der Waals surface area contributed by atoms with E-state index in [2.05, 4.69) is 10.3 Å². The molecule has 20 heavy (non-hydrogen) atoms. The molecular formula is C13H14F3N3O. The van der Waals surface area contributed by atoms with E-state index in [1.54, 1.807) is 0 Å². The van der Waals surface area contributed by atoms with Crippen LogP contribution in [0.2, 0.25) is 0 Å². The molecule has 0 saturated carbocycles. The molecule has 3 rings (SSSR count). The van der Waals surface area contributed by atoms with Gasteiger partial charge in [0.1, 0.15) is 0 Å². The Hall–Kier alpha value is -1.76. The summed E-state index contributed by atoms with van der Waals surface area (Å²) >= 11 is 0. The number of H-pyrrole nitrogens is 1. The molecule has 1 unspecified atom stereocenters. The van der Waals surface area contributed by atoms with Crippen molar-refractivity contribution in [2.24, 2.45) is 5.92 Å². The third kappa shape index (κ3) is 2.22. The van der Waals surface area contributed by atoms with Crippen molar-refractivity contribution in [2.45, 2.75) is 19.1 Å². The van der Waals surface area contributed by atoms with Gasteiger partial charge in [-0.1, -0.05) is 6.07 Å². The average Bonchev–Trinajstić information content (AvgIpc) is 2.97. The molecule has 1 aromatic heterocycles. The second-order valence-corrected chi connectivity index (χ2v) is 5.10. The van der Waals surface area contributed by atoms with Gasteiger partial charge in [-0.2, -0.15) is 13.2 Å². The number of fused-ring (bicyclic) bond motifs is 1. The Labute approximate surface area is 112 Å². The maximum absolute atomic E-state index is 13.1. The van der Waals surface area contributed by atoms with E-state index in [-0.39, 0.29) is 17.0 Å². The quantitative estimate of drug-likeness (QED) is 0.886. The zero-order valence-electron chi connectivity index (χ0n) is 10.6. The smallest absolute Gasteiger partial charge is 0.316 e. The molecule has 1 aromatic carbocycles. The van der Waals surface area contributed by atoms with Crippen molar-refractivity contribution < 1.29 is 13.2 Å². The number of rotatable bonds is 2. The number of nitrogens with one attached hydrogen (secondary N) is 2. The number of hydrogen-bond acceptors (Lipinski definition) is 2. The second kappa shape index (κ2) is 4.66. The molecule has 0 spiro atoms. The lowest BCUT2D eigenvalue weighted by Crippen LogP contribution is -2.24. The summed E-state index contributed by atoms with van der Waals surface area (Å²) in [4.78, 5) is 14.4. The van der Waals surface area contributed by atoms with Crippen LogP contribution in [0.5, 0.6) is 0 Å². The summed E-state index contributed by atoms with van der Waals surface area (Å²) < 4.78 is 40.5. The van der Waals surface area contributed by atoms with E-state index < -0.39 is 17.4 Å². The lowest BCUT2D eigenvalue weighted by Gasteiger charge is -2.13. The molecule has 7 heteroatoms. The molecule has 1 aliphatic rings. The summed E-state index contributed by atoms with van der Waals surface area (Å²) in [6.07, 6.45) is -3.60.